The lowest BCUT2D eigenvalue weighted by molar-refractivity contribution is -0.139. The third kappa shape index (κ3) is 69.5. The van der Waals surface area contributed by atoms with Crippen LogP contribution in [0.3, 0.4) is 0 Å². The van der Waals surface area contributed by atoms with Gasteiger partial charge in [-0.15, -0.1) is 0 Å². The van der Waals surface area contributed by atoms with Crippen molar-refractivity contribution in [1.82, 2.24) is 10.6 Å². The zero-order valence-electron chi connectivity index (χ0n) is 35.7. The number of rotatable bonds is 38. The molecule has 12 N–H and O–H groups in total. The zero-order chi connectivity index (χ0) is 42.9. The van der Waals surface area contributed by atoms with Gasteiger partial charge in [0.25, 0.3) is 0 Å². The van der Waals surface area contributed by atoms with Crippen LogP contribution in [0.5, 0.6) is 0 Å². The Morgan fingerprint density at radius 3 is 0.714 bits per heavy atom. The molecule has 336 valence electrons. The van der Waals surface area contributed by atoms with Crippen LogP contribution in [0.1, 0.15) is 194 Å². The first-order valence-corrected chi connectivity index (χ1v) is 21.9. The van der Waals surface area contributed by atoms with E-state index in [1.165, 1.54) is 155 Å². The van der Waals surface area contributed by atoms with E-state index in [1.807, 2.05) is 0 Å². The van der Waals surface area contributed by atoms with Gasteiger partial charge in [-0.25, -0.2) is 0 Å². The number of hydrogen-bond donors (Lipinski definition) is 10. The molecule has 0 rings (SSSR count). The normalized spacial score (nSPS) is 11.5. The molecule has 0 aliphatic heterocycles. The molecule has 14 heteroatoms. The van der Waals surface area contributed by atoms with E-state index < -0.39 is 36.0 Å². The van der Waals surface area contributed by atoms with Gasteiger partial charge in [-0.2, -0.15) is 0 Å². The Labute approximate surface area is 340 Å². The fraction of sp³-hybridized carbons (Fsp3) is 0.905. The summed E-state index contributed by atoms with van der Waals surface area (Å²) < 4.78 is 0. The first-order valence-electron chi connectivity index (χ1n) is 21.9. The summed E-state index contributed by atoms with van der Waals surface area (Å²) in [6, 6.07) is -1.46. The zero-order valence-corrected chi connectivity index (χ0v) is 35.7. The minimum absolute atomic E-state index is 0.238. The van der Waals surface area contributed by atoms with E-state index in [4.69, 9.17) is 42.1 Å². The van der Waals surface area contributed by atoms with Gasteiger partial charge in [0.05, 0.1) is 13.2 Å². The lowest BCUT2D eigenvalue weighted by Gasteiger charge is -2.04. The third-order valence-corrected chi connectivity index (χ3v) is 8.84. The Morgan fingerprint density at radius 2 is 0.554 bits per heavy atom. The number of nitrogens with one attached hydrogen (secondary N) is 2. The summed E-state index contributed by atoms with van der Waals surface area (Å²) in [5, 5.41) is 56.4. The molecule has 56 heavy (non-hydrogen) atoms. The number of aliphatic hydroxyl groups excluding tert-OH is 2. The van der Waals surface area contributed by atoms with Gasteiger partial charge in [0, 0.05) is 25.9 Å². The van der Waals surface area contributed by atoms with Gasteiger partial charge in [-0.1, -0.05) is 141 Å². The smallest absolute Gasteiger partial charge is 0.320 e. The molecule has 0 bridgehead atoms. The predicted molar refractivity (Wildman–Crippen MR) is 227 cm³/mol. The minimum Gasteiger partial charge on any atom is -0.481 e. The van der Waals surface area contributed by atoms with Crippen molar-refractivity contribution >= 4 is 23.9 Å². The van der Waals surface area contributed by atoms with E-state index in [1.54, 1.807) is 0 Å². The second-order valence-corrected chi connectivity index (χ2v) is 14.7. The fourth-order valence-electron chi connectivity index (χ4n) is 5.35. The molecular weight excluding hydrogens is 720 g/mol. The van der Waals surface area contributed by atoms with Gasteiger partial charge in [0.15, 0.2) is 0 Å². The lowest BCUT2D eigenvalue weighted by Crippen LogP contribution is -2.25. The molecule has 0 heterocycles. The molecule has 0 spiro atoms. The average Bonchev–Trinajstić information content (AvgIpc) is 3.14. The Hall–Kier alpha value is -2.36. The summed E-state index contributed by atoms with van der Waals surface area (Å²) >= 11 is 0. The number of aliphatic carboxylic acids is 4. The van der Waals surface area contributed by atoms with E-state index in [9.17, 15) is 19.2 Å². The van der Waals surface area contributed by atoms with Crippen LogP contribution in [0.15, 0.2) is 0 Å². The number of aliphatic hydroxyl groups is 2. The number of carboxylic acids is 4. The number of hydrogen-bond acceptors (Lipinski definition) is 10. The third-order valence-electron chi connectivity index (χ3n) is 8.84. The summed E-state index contributed by atoms with van der Waals surface area (Å²) in [5.41, 5.74) is 9.67. The highest BCUT2D eigenvalue weighted by molar-refractivity contribution is 5.72. The number of carbonyl (C=O) groups is 4. The van der Waals surface area contributed by atoms with Crippen molar-refractivity contribution in [3.05, 3.63) is 0 Å². The maximum atomic E-state index is 10.3. The van der Waals surface area contributed by atoms with Crippen molar-refractivity contribution in [3.63, 3.8) is 0 Å². The summed E-state index contributed by atoms with van der Waals surface area (Å²) in [5.74, 6) is -3.26. The molecule has 0 aliphatic rings. The van der Waals surface area contributed by atoms with Gasteiger partial charge >= 0.3 is 23.9 Å². The maximum Gasteiger partial charge on any atom is 0.320 e. The molecule has 0 radical (unpaired) electrons. The van der Waals surface area contributed by atoms with Gasteiger partial charge in [-0.3, -0.25) is 19.2 Å². The molecule has 0 unspecified atom stereocenters. The van der Waals surface area contributed by atoms with E-state index >= 15 is 0 Å². The average molecular weight is 809 g/mol. The number of unbranched alkanes of at least 4 members (excludes halogenated alkanes) is 24. The van der Waals surface area contributed by atoms with E-state index in [-0.39, 0.29) is 13.2 Å². The van der Waals surface area contributed by atoms with Gasteiger partial charge in [0.1, 0.15) is 12.1 Å². The van der Waals surface area contributed by atoms with Gasteiger partial charge < -0.3 is 52.7 Å². The minimum atomic E-state index is -0.963. The molecule has 0 aromatic rings. The molecule has 0 aliphatic carbocycles. The Bertz CT molecular complexity index is 769. The molecular formula is C42H88N4O10. The number of carboxylic acid groups (broad SMARTS) is 4. The molecule has 0 fully saturated rings. The van der Waals surface area contributed by atoms with E-state index in [0.717, 1.165) is 51.9 Å². The summed E-state index contributed by atoms with van der Waals surface area (Å²) in [7, 11) is 0. The fourth-order valence-corrected chi connectivity index (χ4v) is 5.35. The van der Waals surface area contributed by atoms with Crippen molar-refractivity contribution < 1.29 is 49.8 Å². The monoisotopic (exact) mass is 809 g/mol. The summed E-state index contributed by atoms with van der Waals surface area (Å²) in [6.45, 7) is 6.83. The summed E-state index contributed by atoms with van der Waals surface area (Å²) in [4.78, 5) is 39.8. The molecule has 0 saturated carbocycles. The molecule has 2 atom stereocenters. The van der Waals surface area contributed by atoms with Crippen molar-refractivity contribution in [2.75, 3.05) is 39.4 Å². The van der Waals surface area contributed by atoms with Crippen molar-refractivity contribution in [1.29, 1.82) is 0 Å². The van der Waals surface area contributed by atoms with Crippen molar-refractivity contribution in [3.8, 4) is 0 Å². The van der Waals surface area contributed by atoms with Crippen LogP contribution < -0.4 is 22.1 Å². The van der Waals surface area contributed by atoms with Crippen LogP contribution in [-0.4, -0.2) is 106 Å². The predicted octanol–water partition coefficient (Wildman–Crippen LogP) is 7.07. The van der Waals surface area contributed by atoms with Crippen LogP contribution in [0.2, 0.25) is 0 Å². The Morgan fingerprint density at radius 1 is 0.375 bits per heavy atom. The second-order valence-electron chi connectivity index (χ2n) is 14.7. The van der Waals surface area contributed by atoms with E-state index in [2.05, 4.69) is 10.6 Å². The largest absolute Gasteiger partial charge is 0.481 e. The highest BCUT2D eigenvalue weighted by atomic mass is 16.4. The highest BCUT2D eigenvalue weighted by Gasteiger charge is 2.01. The Kier molecular flexibility index (Phi) is 56.7. The van der Waals surface area contributed by atoms with Gasteiger partial charge in [0.2, 0.25) is 0 Å². The number of nitrogens with two attached hydrogens (primary N) is 2. The summed E-state index contributed by atoms with van der Waals surface area (Å²) in [6.07, 6.45) is 33.3. The standard InChI is InChI=1S/2C18H37NO3.2C3H7NO2/c2*20-17-16-19-15-13-11-9-7-5-3-1-2-4-6-8-10-12-14-18(21)22;2*1-2(4)3(5)6/h2*19-20H,1-17H2,(H,21,22);2*2H,4H2,1H3,(H,5,6)/t;;2*2-/m..00/s1. The van der Waals surface area contributed by atoms with Crippen molar-refractivity contribution in [2.45, 2.75) is 206 Å². The topological polar surface area (TPSA) is 266 Å². The molecule has 14 nitrogen and oxygen atoms in total. The highest BCUT2D eigenvalue weighted by Crippen LogP contribution is 2.14. The maximum absolute atomic E-state index is 10.3. The SMILES string of the molecule is C[C@H](N)C(=O)O.C[C@H](N)C(=O)O.O=C(O)CCCCCCCCCCCCCCCNCCO.O=C(O)CCCCCCCCCCCCCCCNCCO. The van der Waals surface area contributed by atoms with Gasteiger partial charge in [-0.05, 0) is 52.6 Å². The molecule has 0 aromatic heterocycles. The van der Waals surface area contributed by atoms with Crippen molar-refractivity contribution in [2.24, 2.45) is 11.5 Å². The van der Waals surface area contributed by atoms with Crippen LogP contribution >= 0.6 is 0 Å². The molecule has 0 saturated heterocycles. The van der Waals surface area contributed by atoms with Crippen LogP contribution in [-0.2, 0) is 19.2 Å². The Balaban J connectivity index is -0.000000373. The van der Waals surface area contributed by atoms with Crippen LogP contribution in [0, 0.1) is 0 Å². The first kappa shape index (κ1) is 60.3. The van der Waals surface area contributed by atoms with E-state index in [0.29, 0.717) is 12.8 Å². The first-order chi connectivity index (χ1) is 26.8. The molecule has 0 aromatic carbocycles. The second kappa shape index (κ2) is 52.6. The lowest BCUT2D eigenvalue weighted by atomic mass is 10.0. The molecule has 0 amide bonds. The van der Waals surface area contributed by atoms with Crippen LogP contribution in [0.25, 0.3) is 0 Å². The quantitative estimate of drug-likeness (QED) is 0.0280. The van der Waals surface area contributed by atoms with Crippen LogP contribution in [0.4, 0.5) is 0 Å².